The van der Waals surface area contributed by atoms with Gasteiger partial charge in [-0.3, -0.25) is 0 Å². The average molecular weight is 191 g/mol. The van der Waals surface area contributed by atoms with Crippen molar-refractivity contribution < 1.29 is 0 Å². The van der Waals surface area contributed by atoms with Crippen LogP contribution >= 0.6 is 11.6 Å². The van der Waals surface area contributed by atoms with E-state index >= 15 is 0 Å². The molecule has 0 saturated carbocycles. The lowest BCUT2D eigenvalue weighted by atomic mass is 10.5. The van der Waals surface area contributed by atoms with Crippen LogP contribution in [-0.4, -0.2) is 20.2 Å². The van der Waals surface area contributed by atoms with E-state index in [-0.39, 0.29) is 0 Å². The molecular formula is C7H15ClN4. The maximum atomic E-state index is 5.46. The van der Waals surface area contributed by atoms with Crippen molar-refractivity contribution in [3.63, 3.8) is 0 Å². The molecule has 0 spiro atoms. The molecule has 0 aliphatic heterocycles. The van der Waals surface area contributed by atoms with Gasteiger partial charge in [0.1, 0.15) is 0 Å². The van der Waals surface area contributed by atoms with Crippen LogP contribution < -0.4 is 0 Å². The first-order valence-corrected chi connectivity index (χ1v) is 4.73. The number of hydrogen-bond donors (Lipinski definition) is 0. The van der Waals surface area contributed by atoms with Crippen LogP contribution in [0.5, 0.6) is 0 Å². The molecule has 1 aromatic rings. The molecule has 0 aromatic carbocycles. The molecule has 1 rings (SSSR count). The molecule has 0 bridgehead atoms. The largest absolute Gasteiger partial charge is 0.189 e. The van der Waals surface area contributed by atoms with Crippen molar-refractivity contribution in [3.8, 4) is 0 Å². The third-order valence-corrected chi connectivity index (χ3v) is 1.28. The van der Waals surface area contributed by atoms with Gasteiger partial charge in [0.2, 0.25) is 0 Å². The number of halogens is 1. The number of aryl methyl sites for hydroxylation is 1. The first kappa shape index (κ1) is 11.4. The summed E-state index contributed by atoms with van der Waals surface area (Å²) in [5, 5.41) is 11.5. The minimum absolute atomic E-state index is 0.337. The summed E-state index contributed by atoms with van der Waals surface area (Å²) in [6, 6.07) is 0. The number of nitrogens with zero attached hydrogens (tertiary/aromatic N) is 4. The maximum absolute atomic E-state index is 5.46. The summed E-state index contributed by atoms with van der Waals surface area (Å²) in [5.41, 5.74) is 0. The minimum Gasteiger partial charge on any atom is -0.164 e. The van der Waals surface area contributed by atoms with Crippen LogP contribution in [0.15, 0.2) is 0 Å². The van der Waals surface area contributed by atoms with Gasteiger partial charge >= 0.3 is 0 Å². The van der Waals surface area contributed by atoms with Gasteiger partial charge in [0.25, 0.3) is 0 Å². The molecular weight excluding hydrogens is 176 g/mol. The number of tetrazole rings is 1. The maximum Gasteiger partial charge on any atom is 0.189 e. The van der Waals surface area contributed by atoms with Crippen LogP contribution in [0.4, 0.5) is 0 Å². The normalized spacial score (nSPS) is 9.00. The van der Waals surface area contributed by atoms with Gasteiger partial charge in [-0.2, -0.15) is 4.80 Å². The lowest BCUT2D eigenvalue weighted by molar-refractivity contribution is 0.513. The van der Waals surface area contributed by atoms with E-state index in [2.05, 4.69) is 22.3 Å². The molecule has 0 unspecified atom stereocenters. The first-order valence-electron chi connectivity index (χ1n) is 4.19. The van der Waals surface area contributed by atoms with Crippen molar-refractivity contribution in [1.82, 2.24) is 20.2 Å². The molecule has 12 heavy (non-hydrogen) atoms. The van der Waals surface area contributed by atoms with Gasteiger partial charge in [-0.25, -0.2) is 0 Å². The van der Waals surface area contributed by atoms with E-state index in [0.29, 0.717) is 11.7 Å². The number of hydrogen-bond acceptors (Lipinski definition) is 3. The van der Waals surface area contributed by atoms with Crippen LogP contribution in [0.1, 0.15) is 33.0 Å². The van der Waals surface area contributed by atoms with E-state index in [0.717, 1.165) is 13.0 Å². The average Bonchev–Trinajstić information content (AvgIpc) is 2.57. The van der Waals surface area contributed by atoms with Gasteiger partial charge in [-0.15, -0.1) is 21.8 Å². The van der Waals surface area contributed by atoms with Gasteiger partial charge in [0.15, 0.2) is 5.82 Å². The Bertz CT molecular complexity index is 199. The monoisotopic (exact) mass is 190 g/mol. The second-order valence-electron chi connectivity index (χ2n) is 1.94. The highest BCUT2D eigenvalue weighted by atomic mass is 35.5. The molecule has 5 heteroatoms. The van der Waals surface area contributed by atoms with Gasteiger partial charge in [0.05, 0.1) is 12.4 Å². The van der Waals surface area contributed by atoms with Crippen molar-refractivity contribution in [2.24, 2.45) is 0 Å². The summed E-state index contributed by atoms with van der Waals surface area (Å²) in [6.07, 6.45) is 1.01. The van der Waals surface area contributed by atoms with Gasteiger partial charge < -0.3 is 0 Å². The van der Waals surface area contributed by atoms with Crippen LogP contribution in [0.3, 0.4) is 0 Å². The summed E-state index contributed by atoms with van der Waals surface area (Å²) >= 11 is 5.46. The number of aromatic nitrogens is 4. The van der Waals surface area contributed by atoms with E-state index in [1.54, 1.807) is 4.80 Å². The highest BCUT2D eigenvalue weighted by Crippen LogP contribution is 1.92. The molecule has 4 nitrogen and oxygen atoms in total. The molecule has 0 aliphatic rings. The molecule has 0 saturated heterocycles. The Kier molecular flexibility index (Phi) is 6.66. The Morgan fingerprint density at radius 3 is 2.50 bits per heavy atom. The summed E-state index contributed by atoms with van der Waals surface area (Å²) in [5.74, 6) is 0.930. The molecule has 0 N–H and O–H groups in total. The van der Waals surface area contributed by atoms with Crippen LogP contribution in [0, 0.1) is 0 Å². The van der Waals surface area contributed by atoms with Crippen LogP contribution in [0.25, 0.3) is 0 Å². The van der Waals surface area contributed by atoms with Crippen molar-refractivity contribution in [2.45, 2.75) is 39.6 Å². The van der Waals surface area contributed by atoms with Crippen molar-refractivity contribution in [1.29, 1.82) is 0 Å². The highest BCUT2D eigenvalue weighted by molar-refractivity contribution is 6.16. The van der Waals surface area contributed by atoms with Gasteiger partial charge in [-0.05, 0) is 11.6 Å². The van der Waals surface area contributed by atoms with Gasteiger partial charge in [0, 0.05) is 0 Å². The zero-order valence-electron chi connectivity index (χ0n) is 7.79. The fraction of sp³-hybridized carbons (Fsp3) is 0.857. The van der Waals surface area contributed by atoms with Crippen LogP contribution in [-0.2, 0) is 12.4 Å². The first-order chi connectivity index (χ1) is 5.86. The molecule has 1 heterocycles. The van der Waals surface area contributed by atoms with Crippen molar-refractivity contribution in [3.05, 3.63) is 5.82 Å². The molecule has 0 amide bonds. The Morgan fingerprint density at radius 1 is 1.42 bits per heavy atom. The third kappa shape index (κ3) is 3.67. The second-order valence-corrected chi connectivity index (χ2v) is 2.20. The van der Waals surface area contributed by atoms with Crippen molar-refractivity contribution in [2.75, 3.05) is 0 Å². The zero-order chi connectivity index (χ0) is 9.40. The quantitative estimate of drug-likeness (QED) is 0.684. The summed E-state index contributed by atoms with van der Waals surface area (Å²) in [4.78, 5) is 1.55. The molecule has 0 fully saturated rings. The van der Waals surface area contributed by atoms with E-state index in [1.807, 2.05) is 13.8 Å². The number of alkyl halides is 1. The SMILES string of the molecule is CC.CCCn1nnc(CCl)n1. The summed E-state index contributed by atoms with van der Waals surface area (Å²) < 4.78 is 0. The third-order valence-electron chi connectivity index (χ3n) is 1.04. The molecule has 0 radical (unpaired) electrons. The van der Waals surface area contributed by atoms with E-state index in [4.69, 9.17) is 11.6 Å². The second kappa shape index (κ2) is 7.03. The molecule has 0 aliphatic carbocycles. The number of rotatable bonds is 3. The fourth-order valence-corrected chi connectivity index (χ4v) is 0.732. The summed E-state index contributed by atoms with van der Waals surface area (Å²) in [7, 11) is 0. The Labute approximate surface area is 77.9 Å². The molecule has 70 valence electrons. The molecule has 0 atom stereocenters. The van der Waals surface area contributed by atoms with E-state index < -0.39 is 0 Å². The lowest BCUT2D eigenvalue weighted by Gasteiger charge is -1.89. The van der Waals surface area contributed by atoms with E-state index in [9.17, 15) is 0 Å². The Morgan fingerprint density at radius 2 is 2.08 bits per heavy atom. The fourth-order valence-electron chi connectivity index (χ4n) is 0.625. The van der Waals surface area contributed by atoms with Gasteiger partial charge in [-0.1, -0.05) is 20.8 Å². The predicted octanol–water partition coefficient (Wildman–Crippen LogP) is 1.85. The smallest absolute Gasteiger partial charge is 0.164 e. The van der Waals surface area contributed by atoms with E-state index in [1.165, 1.54) is 0 Å². The standard InChI is InChI=1S/C5H9ClN4.C2H6/c1-2-3-10-8-5(4-6)7-9-10;1-2/h2-4H2,1H3;1-2H3. The zero-order valence-corrected chi connectivity index (χ0v) is 8.54. The lowest BCUT2D eigenvalue weighted by Crippen LogP contribution is -2.01. The Balaban J connectivity index is 0.000000561. The van der Waals surface area contributed by atoms with Crippen molar-refractivity contribution >= 4 is 11.6 Å². The minimum atomic E-state index is 0.337. The summed E-state index contributed by atoms with van der Waals surface area (Å²) in [6.45, 7) is 6.87. The Hall–Kier alpha value is -0.640. The highest BCUT2D eigenvalue weighted by Gasteiger charge is 1.97. The topological polar surface area (TPSA) is 43.6 Å². The predicted molar refractivity (Wildman–Crippen MR) is 49.0 cm³/mol. The van der Waals surface area contributed by atoms with Crippen LogP contribution in [0.2, 0.25) is 0 Å². The molecule has 1 aromatic heterocycles.